The fourth-order valence-corrected chi connectivity index (χ4v) is 3.47. The molecule has 1 saturated heterocycles. The summed E-state index contributed by atoms with van der Waals surface area (Å²) in [6.45, 7) is 3.59. The molecular weight excluding hydrogens is 184 g/mol. The summed E-state index contributed by atoms with van der Waals surface area (Å²) < 4.78 is 0. The number of hydrogen-bond acceptors (Lipinski definition) is 2. The van der Waals surface area contributed by atoms with Crippen molar-refractivity contribution in [1.82, 2.24) is 4.90 Å². The lowest BCUT2D eigenvalue weighted by atomic mass is 9.81. The van der Waals surface area contributed by atoms with Crippen LogP contribution in [-0.2, 0) is 5.41 Å². The maximum Gasteiger partial charge on any atom is 0.0911 e. The third-order valence-electron chi connectivity index (χ3n) is 4.18. The lowest BCUT2D eigenvalue weighted by molar-refractivity contribution is 0.268. The SMILES string of the molecule is CN1CC[C@@]2(C)c3cc[c]cc3N(C)[C@@H]12. The molecule has 1 aromatic rings. The van der Waals surface area contributed by atoms with Gasteiger partial charge in [0.1, 0.15) is 0 Å². The largest absolute Gasteiger partial charge is 0.358 e. The molecule has 0 unspecified atom stereocenters. The molecule has 0 amide bonds. The molecule has 15 heavy (non-hydrogen) atoms. The Kier molecular flexibility index (Phi) is 1.70. The molecule has 2 heteroatoms. The molecular formula is C13H17N2. The Morgan fingerprint density at radius 3 is 3.07 bits per heavy atom. The van der Waals surface area contributed by atoms with Crippen LogP contribution >= 0.6 is 0 Å². The topological polar surface area (TPSA) is 6.48 Å². The molecule has 2 aliphatic rings. The monoisotopic (exact) mass is 201 g/mol. The van der Waals surface area contributed by atoms with E-state index in [4.69, 9.17) is 0 Å². The van der Waals surface area contributed by atoms with Crippen molar-refractivity contribution in [3.8, 4) is 0 Å². The van der Waals surface area contributed by atoms with Crippen LogP contribution in [0.1, 0.15) is 18.9 Å². The first-order valence-electron chi connectivity index (χ1n) is 5.58. The Labute approximate surface area is 91.5 Å². The molecule has 79 valence electrons. The Balaban J connectivity index is 2.19. The number of hydrogen-bond donors (Lipinski definition) is 0. The van der Waals surface area contributed by atoms with Crippen molar-refractivity contribution < 1.29 is 0 Å². The Morgan fingerprint density at radius 2 is 2.27 bits per heavy atom. The number of anilines is 1. The van der Waals surface area contributed by atoms with E-state index in [0.29, 0.717) is 11.6 Å². The van der Waals surface area contributed by atoms with Gasteiger partial charge >= 0.3 is 0 Å². The Morgan fingerprint density at radius 1 is 1.47 bits per heavy atom. The van der Waals surface area contributed by atoms with E-state index in [1.54, 1.807) is 0 Å². The first-order valence-corrected chi connectivity index (χ1v) is 5.58. The van der Waals surface area contributed by atoms with Crippen molar-refractivity contribution in [2.24, 2.45) is 0 Å². The van der Waals surface area contributed by atoms with E-state index in [1.807, 2.05) is 6.07 Å². The average Bonchev–Trinajstić information content (AvgIpc) is 2.65. The Hall–Kier alpha value is -1.02. The van der Waals surface area contributed by atoms with Gasteiger partial charge in [0, 0.05) is 24.7 Å². The molecule has 0 aromatic heterocycles. The second-order valence-corrected chi connectivity index (χ2v) is 5.08. The van der Waals surface area contributed by atoms with Crippen LogP contribution in [0.25, 0.3) is 0 Å². The summed E-state index contributed by atoms with van der Waals surface area (Å²) in [5, 5.41) is 0. The quantitative estimate of drug-likeness (QED) is 0.632. The van der Waals surface area contributed by atoms with E-state index in [0.717, 1.165) is 0 Å². The van der Waals surface area contributed by atoms with Gasteiger partial charge in [0.25, 0.3) is 0 Å². The van der Waals surface area contributed by atoms with Crippen LogP contribution in [0.5, 0.6) is 0 Å². The average molecular weight is 201 g/mol. The molecule has 3 rings (SSSR count). The molecule has 0 N–H and O–H groups in total. The van der Waals surface area contributed by atoms with Crippen LogP contribution < -0.4 is 4.90 Å². The van der Waals surface area contributed by atoms with Gasteiger partial charge in [0.15, 0.2) is 0 Å². The molecule has 2 nitrogen and oxygen atoms in total. The third-order valence-corrected chi connectivity index (χ3v) is 4.18. The molecule has 0 bridgehead atoms. The van der Waals surface area contributed by atoms with E-state index in [1.165, 1.54) is 24.2 Å². The maximum atomic E-state index is 3.18. The first kappa shape index (κ1) is 9.22. The van der Waals surface area contributed by atoms with Crippen LogP contribution in [0, 0.1) is 6.07 Å². The van der Waals surface area contributed by atoms with Gasteiger partial charge in [-0.1, -0.05) is 19.1 Å². The molecule has 0 saturated carbocycles. The molecule has 1 aromatic carbocycles. The van der Waals surface area contributed by atoms with Gasteiger partial charge in [0.05, 0.1) is 6.17 Å². The van der Waals surface area contributed by atoms with Gasteiger partial charge in [0.2, 0.25) is 0 Å². The normalized spacial score (nSPS) is 34.3. The standard InChI is InChI=1S/C13H17N2/c1-13-8-9-14(2)12(13)15(3)11-7-5-4-6-10(11)13/h4,6-7,12H,8-9H2,1-3H3/t12-,13+/m1/s1. The zero-order valence-electron chi connectivity index (χ0n) is 9.62. The highest BCUT2D eigenvalue weighted by molar-refractivity contribution is 5.63. The van der Waals surface area contributed by atoms with Crippen LogP contribution in [0.2, 0.25) is 0 Å². The van der Waals surface area contributed by atoms with Gasteiger partial charge in [-0.25, -0.2) is 0 Å². The number of benzene rings is 1. The van der Waals surface area contributed by atoms with Gasteiger partial charge in [-0.3, -0.25) is 4.90 Å². The highest BCUT2D eigenvalue weighted by Gasteiger charge is 2.51. The van der Waals surface area contributed by atoms with Gasteiger partial charge in [-0.2, -0.15) is 0 Å². The van der Waals surface area contributed by atoms with Gasteiger partial charge in [-0.05, 0) is 31.2 Å². The van der Waals surface area contributed by atoms with Crippen LogP contribution in [0.15, 0.2) is 18.2 Å². The number of likely N-dealkylation sites (tertiary alicyclic amines) is 1. The van der Waals surface area contributed by atoms with Crippen molar-refractivity contribution in [3.05, 3.63) is 29.8 Å². The number of fused-ring (bicyclic) bond motifs is 3. The van der Waals surface area contributed by atoms with Gasteiger partial charge < -0.3 is 4.90 Å². The predicted molar refractivity (Wildman–Crippen MR) is 62.1 cm³/mol. The van der Waals surface area contributed by atoms with Crippen LogP contribution in [0.3, 0.4) is 0 Å². The van der Waals surface area contributed by atoms with Gasteiger partial charge in [-0.15, -0.1) is 0 Å². The van der Waals surface area contributed by atoms with Crippen LogP contribution in [-0.4, -0.2) is 31.7 Å². The molecule has 2 atom stereocenters. The maximum absolute atomic E-state index is 3.18. The van der Waals surface area contributed by atoms with Crippen molar-refractivity contribution in [1.29, 1.82) is 0 Å². The highest BCUT2D eigenvalue weighted by atomic mass is 15.4. The molecule has 1 radical (unpaired) electrons. The molecule has 0 spiro atoms. The number of nitrogens with zero attached hydrogens (tertiary/aromatic N) is 2. The molecule has 2 heterocycles. The number of likely N-dealkylation sites (N-methyl/N-ethyl adjacent to an activating group) is 2. The zero-order chi connectivity index (χ0) is 10.6. The minimum Gasteiger partial charge on any atom is -0.358 e. The minimum atomic E-state index is 0.313. The lowest BCUT2D eigenvalue weighted by Crippen LogP contribution is -2.45. The molecule has 0 aliphatic carbocycles. The fraction of sp³-hybridized carbons (Fsp3) is 0.538. The van der Waals surface area contributed by atoms with Crippen molar-refractivity contribution in [2.45, 2.75) is 24.9 Å². The summed E-state index contributed by atoms with van der Waals surface area (Å²) in [5.41, 5.74) is 3.17. The fourth-order valence-electron chi connectivity index (χ4n) is 3.47. The van der Waals surface area contributed by atoms with Crippen molar-refractivity contribution in [2.75, 3.05) is 25.5 Å². The Bertz CT molecular complexity index is 401. The second-order valence-electron chi connectivity index (χ2n) is 5.08. The highest BCUT2D eigenvalue weighted by Crippen LogP contribution is 2.50. The van der Waals surface area contributed by atoms with E-state index >= 15 is 0 Å². The van der Waals surface area contributed by atoms with Crippen LogP contribution in [0.4, 0.5) is 5.69 Å². The lowest BCUT2D eigenvalue weighted by Gasteiger charge is -2.32. The zero-order valence-corrected chi connectivity index (χ0v) is 9.62. The minimum absolute atomic E-state index is 0.313. The van der Waals surface area contributed by atoms with Crippen molar-refractivity contribution in [3.63, 3.8) is 0 Å². The van der Waals surface area contributed by atoms with Crippen molar-refractivity contribution >= 4 is 5.69 Å². The summed E-state index contributed by atoms with van der Waals surface area (Å²) in [6, 6.07) is 9.58. The summed E-state index contributed by atoms with van der Waals surface area (Å²) in [5.74, 6) is 0. The summed E-state index contributed by atoms with van der Waals surface area (Å²) in [7, 11) is 4.42. The molecule has 2 aliphatic heterocycles. The molecule has 1 fully saturated rings. The summed E-state index contributed by atoms with van der Waals surface area (Å²) in [4.78, 5) is 4.86. The number of rotatable bonds is 0. The smallest absolute Gasteiger partial charge is 0.0911 e. The van der Waals surface area contributed by atoms with E-state index in [2.05, 4.69) is 49.0 Å². The van der Waals surface area contributed by atoms with E-state index in [-0.39, 0.29) is 0 Å². The summed E-state index contributed by atoms with van der Waals surface area (Å²) >= 11 is 0. The van der Waals surface area contributed by atoms with E-state index in [9.17, 15) is 0 Å². The van der Waals surface area contributed by atoms with E-state index < -0.39 is 0 Å². The summed E-state index contributed by atoms with van der Waals surface area (Å²) in [6.07, 6.45) is 1.79. The third kappa shape index (κ3) is 0.979. The second kappa shape index (κ2) is 2.76. The first-order chi connectivity index (χ1) is 7.14. The predicted octanol–water partition coefficient (Wildman–Crippen LogP) is 1.86.